The van der Waals surface area contributed by atoms with E-state index in [2.05, 4.69) is 152 Å². The zero-order chi connectivity index (χ0) is 38.2. The Bertz CT molecular complexity index is 1580. The van der Waals surface area contributed by atoms with Gasteiger partial charge in [0.1, 0.15) is 5.75 Å². The van der Waals surface area contributed by atoms with Gasteiger partial charge in [0.25, 0.3) is 8.32 Å². The molecule has 0 saturated carbocycles. The highest BCUT2D eigenvalue weighted by Gasteiger charge is 2.50. The maximum absolute atomic E-state index is 14.8. The van der Waals surface area contributed by atoms with Crippen LogP contribution in [0.2, 0.25) is 23.2 Å². The predicted octanol–water partition coefficient (Wildman–Crippen LogP) is 9.89. The van der Waals surface area contributed by atoms with Crippen LogP contribution in [0.3, 0.4) is 0 Å². The fourth-order valence-electron chi connectivity index (χ4n) is 7.38. The number of allylic oxidation sites excluding steroid dienone is 1. The summed E-state index contributed by atoms with van der Waals surface area (Å²) in [5.74, 6) is 0.565. The Morgan fingerprint density at radius 2 is 1.52 bits per heavy atom. The SMILES string of the molecule is C=C(C)[C@H](CCCO[Si](c1ccccc1)(c1ccccc1)C(C)(C)C)[C@@H](/C=C/c1cccc(OC)c1)C(=O)N1CCC[C@H]1CO[Si](C)(C)C(C)(C)C. The summed E-state index contributed by atoms with van der Waals surface area (Å²) in [7, 11) is -2.95. The molecule has 1 aliphatic rings. The number of carbonyl (C=O) groups is 1. The van der Waals surface area contributed by atoms with Gasteiger partial charge in [-0.15, -0.1) is 0 Å². The third kappa shape index (κ3) is 9.84. The molecule has 1 saturated heterocycles. The first-order chi connectivity index (χ1) is 24.5. The summed E-state index contributed by atoms with van der Waals surface area (Å²) < 4.78 is 19.5. The van der Waals surface area contributed by atoms with E-state index in [1.165, 1.54) is 10.4 Å². The molecule has 0 N–H and O–H groups in total. The monoisotopic (exact) mass is 739 g/mol. The molecule has 0 spiro atoms. The average molecular weight is 740 g/mol. The lowest BCUT2D eigenvalue weighted by molar-refractivity contribution is -0.136. The minimum Gasteiger partial charge on any atom is -0.497 e. The van der Waals surface area contributed by atoms with Crippen LogP contribution in [0, 0.1) is 11.8 Å². The molecule has 4 rings (SSSR count). The summed E-state index contributed by atoms with van der Waals surface area (Å²) >= 11 is 0. The van der Waals surface area contributed by atoms with E-state index < -0.39 is 16.6 Å². The van der Waals surface area contributed by atoms with Gasteiger partial charge in [0.2, 0.25) is 5.91 Å². The van der Waals surface area contributed by atoms with E-state index in [0.29, 0.717) is 13.2 Å². The lowest BCUT2D eigenvalue weighted by Gasteiger charge is -2.43. The van der Waals surface area contributed by atoms with E-state index in [4.69, 9.17) is 13.6 Å². The van der Waals surface area contributed by atoms with Crippen LogP contribution in [0.5, 0.6) is 5.75 Å². The third-order valence-corrected chi connectivity index (χ3v) is 21.0. The van der Waals surface area contributed by atoms with E-state index in [-0.39, 0.29) is 33.9 Å². The Hall–Kier alpha value is -3.24. The summed E-state index contributed by atoms with van der Waals surface area (Å²) in [6.07, 6.45) is 7.77. The summed E-state index contributed by atoms with van der Waals surface area (Å²) in [5, 5.41) is 2.57. The van der Waals surface area contributed by atoms with Crippen LogP contribution in [0.4, 0.5) is 0 Å². The average Bonchev–Trinajstić information content (AvgIpc) is 3.58. The van der Waals surface area contributed by atoms with Crippen molar-refractivity contribution in [3.8, 4) is 5.75 Å². The molecule has 282 valence electrons. The van der Waals surface area contributed by atoms with E-state index in [1.807, 2.05) is 18.2 Å². The first-order valence-electron chi connectivity index (χ1n) is 19.2. The molecule has 1 aliphatic heterocycles. The smallest absolute Gasteiger partial charge is 0.261 e. The van der Waals surface area contributed by atoms with Gasteiger partial charge in [-0.25, -0.2) is 0 Å². The van der Waals surface area contributed by atoms with Crippen LogP contribution in [0.15, 0.2) is 103 Å². The second-order valence-corrected chi connectivity index (χ2v) is 26.3. The number of amides is 1. The van der Waals surface area contributed by atoms with Crippen molar-refractivity contribution >= 4 is 39.0 Å². The van der Waals surface area contributed by atoms with Crippen molar-refractivity contribution in [1.82, 2.24) is 4.90 Å². The number of nitrogens with zero attached hydrogens (tertiary/aromatic N) is 1. The highest BCUT2D eigenvalue weighted by Crippen LogP contribution is 2.39. The van der Waals surface area contributed by atoms with Crippen LogP contribution in [0.25, 0.3) is 6.08 Å². The summed E-state index contributed by atoms with van der Waals surface area (Å²) in [6.45, 7) is 26.8. The summed E-state index contributed by atoms with van der Waals surface area (Å²) in [5.41, 5.74) is 2.03. The Labute approximate surface area is 317 Å². The van der Waals surface area contributed by atoms with Crippen molar-refractivity contribution < 1.29 is 18.4 Å². The molecule has 0 aromatic heterocycles. The summed E-state index contributed by atoms with van der Waals surface area (Å²) in [4.78, 5) is 16.9. The fraction of sp³-hybridized carbons (Fsp3) is 0.489. The van der Waals surface area contributed by atoms with Crippen molar-refractivity contribution in [2.24, 2.45) is 11.8 Å². The Balaban J connectivity index is 1.62. The van der Waals surface area contributed by atoms with Crippen LogP contribution in [0.1, 0.15) is 79.7 Å². The minimum atomic E-state index is -2.67. The number of likely N-dealkylation sites (tertiary alicyclic amines) is 1. The maximum Gasteiger partial charge on any atom is 0.261 e. The van der Waals surface area contributed by atoms with Gasteiger partial charge in [0.05, 0.1) is 25.7 Å². The molecule has 0 radical (unpaired) electrons. The molecule has 7 heteroatoms. The van der Waals surface area contributed by atoms with Gasteiger partial charge >= 0.3 is 0 Å². The molecule has 3 aromatic carbocycles. The van der Waals surface area contributed by atoms with Gasteiger partial charge in [-0.2, -0.15) is 0 Å². The normalized spacial score (nSPS) is 17.0. The number of benzene rings is 3. The maximum atomic E-state index is 14.8. The molecular weight excluding hydrogens is 675 g/mol. The highest BCUT2D eigenvalue weighted by atomic mass is 28.4. The third-order valence-electron chi connectivity index (χ3n) is 11.4. The first kappa shape index (κ1) is 41.5. The number of methoxy groups -OCH3 is 1. The minimum absolute atomic E-state index is 0.0420. The van der Waals surface area contributed by atoms with E-state index in [1.54, 1.807) is 7.11 Å². The summed E-state index contributed by atoms with van der Waals surface area (Å²) in [6, 6.07) is 29.7. The topological polar surface area (TPSA) is 48.0 Å². The van der Waals surface area contributed by atoms with Gasteiger partial charge in [-0.3, -0.25) is 4.79 Å². The van der Waals surface area contributed by atoms with Crippen LogP contribution in [-0.2, 0) is 13.6 Å². The molecule has 0 unspecified atom stereocenters. The van der Waals surface area contributed by atoms with Crippen LogP contribution in [-0.4, -0.2) is 60.4 Å². The van der Waals surface area contributed by atoms with Gasteiger partial charge in [0.15, 0.2) is 8.32 Å². The van der Waals surface area contributed by atoms with E-state index in [0.717, 1.165) is 49.1 Å². The lowest BCUT2D eigenvalue weighted by Crippen LogP contribution is -2.66. The molecule has 1 amide bonds. The van der Waals surface area contributed by atoms with Crippen molar-refractivity contribution in [1.29, 1.82) is 0 Å². The second kappa shape index (κ2) is 17.7. The number of carbonyl (C=O) groups excluding carboxylic acids is 1. The van der Waals surface area contributed by atoms with Crippen molar-refractivity contribution in [3.05, 3.63) is 109 Å². The van der Waals surface area contributed by atoms with Gasteiger partial charge in [-0.1, -0.05) is 139 Å². The van der Waals surface area contributed by atoms with Gasteiger partial charge in [-0.05, 0) is 89.8 Å². The fourth-order valence-corrected chi connectivity index (χ4v) is 13.0. The van der Waals surface area contributed by atoms with Crippen LogP contribution < -0.4 is 15.1 Å². The van der Waals surface area contributed by atoms with E-state index >= 15 is 0 Å². The van der Waals surface area contributed by atoms with Gasteiger partial charge in [0, 0.05) is 13.2 Å². The number of hydrogen-bond acceptors (Lipinski definition) is 4. The molecule has 3 aromatic rings. The van der Waals surface area contributed by atoms with Crippen LogP contribution >= 0.6 is 0 Å². The molecule has 0 aliphatic carbocycles. The van der Waals surface area contributed by atoms with Crippen molar-refractivity contribution in [2.45, 2.75) is 103 Å². The molecule has 3 atom stereocenters. The first-order valence-corrected chi connectivity index (χ1v) is 24.0. The molecule has 1 fully saturated rings. The quantitative estimate of drug-likeness (QED) is 0.0834. The molecule has 0 bridgehead atoms. The van der Waals surface area contributed by atoms with Gasteiger partial charge < -0.3 is 18.5 Å². The van der Waals surface area contributed by atoms with Crippen molar-refractivity contribution in [2.75, 3.05) is 26.9 Å². The van der Waals surface area contributed by atoms with E-state index in [9.17, 15) is 4.79 Å². The molecule has 5 nitrogen and oxygen atoms in total. The highest BCUT2D eigenvalue weighted by molar-refractivity contribution is 6.99. The second-order valence-electron chi connectivity index (χ2n) is 17.2. The Kier molecular flexibility index (Phi) is 14.2. The Morgan fingerprint density at radius 3 is 2.06 bits per heavy atom. The van der Waals surface area contributed by atoms with Crippen molar-refractivity contribution in [3.63, 3.8) is 0 Å². The molecule has 1 heterocycles. The number of rotatable bonds is 16. The zero-order valence-corrected chi connectivity index (χ0v) is 35.7. The standard InChI is InChI=1S/C45H65NO4Si2/c1-35(2)41(28-20-32-49-52(45(6,7)8,39-24-14-12-15-25-39)40-26-16-13-17-27-40)42(30-29-36-21-18-23-38(33-36)48-9)43(47)46-31-19-22-37(46)34-50-51(10,11)44(3,4)5/h12-18,21,23-27,29-30,33,37,41-42H,1,19-20,22,28,31-32,34H2,2-11H3/b30-29+/t37-,41-,42+/m0/s1. The Morgan fingerprint density at radius 1 is 0.904 bits per heavy atom. The molecular formula is C45H65NO4Si2. The largest absolute Gasteiger partial charge is 0.497 e. The molecule has 52 heavy (non-hydrogen) atoms. The lowest BCUT2D eigenvalue weighted by atomic mass is 9.82. The number of ether oxygens (including phenoxy) is 1. The zero-order valence-electron chi connectivity index (χ0n) is 33.7. The number of hydrogen-bond donors (Lipinski definition) is 0. The predicted molar refractivity (Wildman–Crippen MR) is 225 cm³/mol.